The second-order valence-electron chi connectivity index (χ2n) is 5.37. The van der Waals surface area contributed by atoms with Gasteiger partial charge in [-0.1, -0.05) is 11.6 Å². The highest BCUT2D eigenvalue weighted by Gasteiger charge is 2.24. The van der Waals surface area contributed by atoms with Crippen LogP contribution in [0.1, 0.15) is 16.8 Å². The Labute approximate surface area is 146 Å². The fourth-order valence-corrected chi connectivity index (χ4v) is 3.86. The predicted molar refractivity (Wildman–Crippen MR) is 93.3 cm³/mol. The summed E-state index contributed by atoms with van der Waals surface area (Å²) < 4.78 is 29.3. The van der Waals surface area contributed by atoms with E-state index in [1.807, 2.05) is 0 Å². The van der Waals surface area contributed by atoms with E-state index in [0.29, 0.717) is 40.4 Å². The summed E-state index contributed by atoms with van der Waals surface area (Å²) in [5.74, 6) is 0.110. The maximum absolute atomic E-state index is 12.1. The summed E-state index contributed by atoms with van der Waals surface area (Å²) in [5, 5.41) is 5.77. The van der Waals surface area contributed by atoms with Crippen LogP contribution in [0, 0.1) is 13.8 Å². The molecule has 0 radical (unpaired) electrons. The number of aryl methyl sites for hydroxylation is 1. The highest BCUT2D eigenvalue weighted by molar-refractivity contribution is 7.89. The topological polar surface area (TPSA) is 121 Å². The summed E-state index contributed by atoms with van der Waals surface area (Å²) in [7, 11) is -2.42. The molecule has 4 N–H and O–H groups in total. The van der Waals surface area contributed by atoms with Gasteiger partial charge in [0.1, 0.15) is 0 Å². The normalized spacial score (nSPS) is 11.7. The molecule has 1 heterocycles. The number of benzene rings is 1. The number of anilines is 1. The largest absolute Gasteiger partial charge is 0.384 e. The Balaban J connectivity index is 2.83. The van der Waals surface area contributed by atoms with E-state index in [2.05, 4.69) is 9.97 Å². The first kappa shape index (κ1) is 18.6. The van der Waals surface area contributed by atoms with Gasteiger partial charge in [0.2, 0.25) is 16.0 Å². The standard InChI is InChI=1S/C15H19ClN4O3S/c1-8-13(16)10(4-5-23-3)6-11(14(8)24(18,21)22)12-7-19-15(17)20-9(12)2/h6-7H,4-5H2,1-3H3,(H2,17,19,20)(H2,18,21,22). The molecule has 1 aromatic carbocycles. The van der Waals surface area contributed by atoms with Crippen LogP contribution < -0.4 is 10.9 Å². The van der Waals surface area contributed by atoms with Crippen LogP contribution in [0.3, 0.4) is 0 Å². The number of sulfonamides is 1. The Morgan fingerprint density at radius 1 is 1.29 bits per heavy atom. The van der Waals surface area contributed by atoms with Crippen molar-refractivity contribution in [1.82, 2.24) is 9.97 Å². The zero-order valence-corrected chi connectivity index (χ0v) is 15.2. The Kier molecular flexibility index (Phi) is 5.44. The Bertz CT molecular complexity index is 885. The van der Waals surface area contributed by atoms with Crippen LogP contribution in [0.25, 0.3) is 11.1 Å². The zero-order chi connectivity index (χ0) is 18.1. The minimum atomic E-state index is -4.00. The summed E-state index contributed by atoms with van der Waals surface area (Å²) in [6, 6.07) is 1.69. The van der Waals surface area contributed by atoms with Gasteiger partial charge in [-0.05, 0) is 37.5 Å². The molecule has 7 nitrogen and oxygen atoms in total. The van der Waals surface area contributed by atoms with E-state index in [1.165, 1.54) is 6.20 Å². The van der Waals surface area contributed by atoms with Crippen LogP contribution in [-0.2, 0) is 21.2 Å². The second kappa shape index (κ2) is 7.02. The van der Waals surface area contributed by atoms with Crippen molar-refractivity contribution < 1.29 is 13.2 Å². The summed E-state index contributed by atoms with van der Waals surface area (Å²) in [4.78, 5) is 8.01. The van der Waals surface area contributed by atoms with Crippen molar-refractivity contribution in [2.45, 2.75) is 25.2 Å². The molecule has 2 rings (SSSR count). The van der Waals surface area contributed by atoms with E-state index in [-0.39, 0.29) is 10.8 Å². The molecule has 24 heavy (non-hydrogen) atoms. The van der Waals surface area contributed by atoms with E-state index in [0.717, 1.165) is 5.56 Å². The van der Waals surface area contributed by atoms with E-state index in [9.17, 15) is 8.42 Å². The highest BCUT2D eigenvalue weighted by atomic mass is 35.5. The predicted octanol–water partition coefficient (Wildman–Crippen LogP) is 1.83. The number of hydrogen-bond donors (Lipinski definition) is 2. The molecule has 0 saturated carbocycles. The molecule has 1 aromatic heterocycles. The van der Waals surface area contributed by atoms with Gasteiger partial charge in [-0.3, -0.25) is 0 Å². The smallest absolute Gasteiger partial charge is 0.238 e. The van der Waals surface area contributed by atoms with Crippen LogP contribution in [0.2, 0.25) is 5.02 Å². The van der Waals surface area contributed by atoms with Gasteiger partial charge in [0.25, 0.3) is 0 Å². The molecule has 0 aliphatic rings. The lowest BCUT2D eigenvalue weighted by atomic mass is 9.98. The molecular weight excluding hydrogens is 352 g/mol. The number of nitrogen functional groups attached to an aromatic ring is 1. The average Bonchev–Trinajstić information content (AvgIpc) is 2.47. The van der Waals surface area contributed by atoms with Crippen molar-refractivity contribution in [2.24, 2.45) is 5.14 Å². The molecule has 2 aromatic rings. The third-order valence-electron chi connectivity index (χ3n) is 3.66. The number of ether oxygens (including phenoxy) is 1. The molecule has 0 bridgehead atoms. The number of hydrogen-bond acceptors (Lipinski definition) is 6. The SMILES string of the molecule is COCCc1cc(-c2cnc(N)nc2C)c(S(N)(=O)=O)c(C)c1Cl. The lowest BCUT2D eigenvalue weighted by Gasteiger charge is -2.17. The quantitative estimate of drug-likeness (QED) is 0.828. The number of primary sulfonamides is 1. The highest BCUT2D eigenvalue weighted by Crippen LogP contribution is 2.37. The Hall–Kier alpha value is -1.74. The fourth-order valence-electron chi connectivity index (χ4n) is 2.56. The third-order valence-corrected chi connectivity index (χ3v) is 5.28. The molecular formula is C15H19ClN4O3S. The summed E-state index contributed by atoms with van der Waals surface area (Å²) in [6.07, 6.45) is 2.01. The maximum Gasteiger partial charge on any atom is 0.238 e. The van der Waals surface area contributed by atoms with Gasteiger partial charge in [-0.15, -0.1) is 0 Å². The number of halogens is 1. The molecule has 0 unspecified atom stereocenters. The van der Waals surface area contributed by atoms with Gasteiger partial charge in [0.15, 0.2) is 0 Å². The molecule has 0 atom stereocenters. The van der Waals surface area contributed by atoms with E-state index < -0.39 is 10.0 Å². The van der Waals surface area contributed by atoms with Crippen molar-refractivity contribution >= 4 is 27.6 Å². The number of methoxy groups -OCH3 is 1. The van der Waals surface area contributed by atoms with Gasteiger partial charge >= 0.3 is 0 Å². The first-order valence-electron chi connectivity index (χ1n) is 7.10. The first-order valence-corrected chi connectivity index (χ1v) is 9.02. The summed E-state index contributed by atoms with van der Waals surface area (Å²) in [6.45, 7) is 3.79. The van der Waals surface area contributed by atoms with Crippen molar-refractivity contribution in [1.29, 1.82) is 0 Å². The molecule has 0 saturated heterocycles. The van der Waals surface area contributed by atoms with E-state index in [1.54, 1.807) is 27.0 Å². The van der Waals surface area contributed by atoms with Crippen LogP contribution in [0.15, 0.2) is 17.2 Å². The Morgan fingerprint density at radius 3 is 2.50 bits per heavy atom. The van der Waals surface area contributed by atoms with Crippen LogP contribution in [-0.4, -0.2) is 32.1 Å². The number of rotatable bonds is 5. The van der Waals surface area contributed by atoms with Gasteiger partial charge in [-0.25, -0.2) is 23.5 Å². The molecule has 0 spiro atoms. The minimum Gasteiger partial charge on any atom is -0.384 e. The fraction of sp³-hybridized carbons (Fsp3) is 0.333. The monoisotopic (exact) mass is 370 g/mol. The van der Waals surface area contributed by atoms with Gasteiger partial charge in [0.05, 0.1) is 17.2 Å². The molecule has 130 valence electrons. The van der Waals surface area contributed by atoms with Crippen LogP contribution >= 0.6 is 11.6 Å². The Morgan fingerprint density at radius 2 is 1.96 bits per heavy atom. The average molecular weight is 371 g/mol. The van der Waals surface area contributed by atoms with Crippen LogP contribution in [0.5, 0.6) is 0 Å². The lowest BCUT2D eigenvalue weighted by Crippen LogP contribution is -2.16. The minimum absolute atomic E-state index is 0.0369. The van der Waals surface area contributed by atoms with Gasteiger partial charge < -0.3 is 10.5 Å². The number of aromatic nitrogens is 2. The van der Waals surface area contributed by atoms with Gasteiger partial charge in [0, 0.05) is 29.5 Å². The van der Waals surface area contributed by atoms with Crippen molar-refractivity contribution in [3.8, 4) is 11.1 Å². The van der Waals surface area contributed by atoms with Crippen molar-refractivity contribution in [3.05, 3.63) is 34.1 Å². The third kappa shape index (κ3) is 3.67. The van der Waals surface area contributed by atoms with E-state index in [4.69, 9.17) is 27.2 Å². The van der Waals surface area contributed by atoms with Crippen LogP contribution in [0.4, 0.5) is 5.95 Å². The van der Waals surface area contributed by atoms with Crippen molar-refractivity contribution in [2.75, 3.05) is 19.5 Å². The van der Waals surface area contributed by atoms with Gasteiger partial charge in [-0.2, -0.15) is 0 Å². The number of nitrogens with zero attached hydrogens (tertiary/aromatic N) is 2. The molecule has 0 amide bonds. The molecule has 0 fully saturated rings. The summed E-state index contributed by atoms with van der Waals surface area (Å²) in [5.41, 5.74) is 8.21. The zero-order valence-electron chi connectivity index (χ0n) is 13.6. The molecule has 9 heteroatoms. The lowest BCUT2D eigenvalue weighted by molar-refractivity contribution is 0.202. The molecule has 0 aliphatic carbocycles. The first-order chi connectivity index (χ1) is 11.2. The van der Waals surface area contributed by atoms with E-state index >= 15 is 0 Å². The summed E-state index contributed by atoms with van der Waals surface area (Å²) >= 11 is 6.34. The number of nitrogens with two attached hydrogens (primary N) is 2. The second-order valence-corrected chi connectivity index (χ2v) is 7.24. The molecule has 0 aliphatic heterocycles. The maximum atomic E-state index is 12.1. The van der Waals surface area contributed by atoms with Crippen molar-refractivity contribution in [3.63, 3.8) is 0 Å².